The quantitative estimate of drug-likeness (QED) is 0.216. The molecule has 3 aromatic rings. The molecule has 0 atom stereocenters. The number of nitrogens with one attached hydrogen (secondary N) is 2. The topological polar surface area (TPSA) is 79.3 Å². The number of carbonyl (C=O) groups excluding carboxylic acids is 1. The van der Waals surface area contributed by atoms with Crippen LogP contribution in [0.4, 0.5) is 32.0 Å². The summed E-state index contributed by atoms with van der Waals surface area (Å²) in [6.07, 6.45) is -2.07. The van der Waals surface area contributed by atoms with E-state index in [1.54, 1.807) is 18.5 Å². The van der Waals surface area contributed by atoms with Crippen molar-refractivity contribution in [2.75, 3.05) is 5.32 Å². The molecule has 4 rings (SSSR count). The van der Waals surface area contributed by atoms with E-state index < -0.39 is 29.4 Å². The Morgan fingerprint density at radius 1 is 0.846 bits per heavy atom. The zero-order chi connectivity index (χ0) is 28.0. The molecule has 0 bridgehead atoms. The van der Waals surface area contributed by atoms with E-state index in [1.807, 2.05) is 0 Å². The van der Waals surface area contributed by atoms with Crippen LogP contribution in [0.1, 0.15) is 53.0 Å². The fourth-order valence-corrected chi connectivity index (χ4v) is 4.35. The van der Waals surface area contributed by atoms with Crippen LogP contribution in [0, 0.1) is 5.92 Å². The number of carbonyl (C=O) groups is 1. The molecule has 2 N–H and O–H groups in total. The van der Waals surface area contributed by atoms with E-state index in [9.17, 15) is 31.1 Å². The molecular formula is C27H25F6N5O. The molecule has 0 radical (unpaired) electrons. The third-order valence-electron chi connectivity index (χ3n) is 6.38. The Hall–Kier alpha value is -3.96. The van der Waals surface area contributed by atoms with E-state index in [0.717, 1.165) is 61.5 Å². The van der Waals surface area contributed by atoms with Crippen LogP contribution in [-0.2, 0) is 18.8 Å². The lowest BCUT2D eigenvalue weighted by molar-refractivity contribution is -0.138. The van der Waals surface area contributed by atoms with Crippen LogP contribution >= 0.6 is 0 Å². The SMILES string of the molecule is O=C(NC(=NC1CCC(Cc2ncccn2)CC1)Nc1cccc(C(F)(F)F)c1)c1ccc(C(F)(F)F)cc1. The molecule has 0 saturated heterocycles. The summed E-state index contributed by atoms with van der Waals surface area (Å²) in [5.74, 6) is 0.256. The van der Waals surface area contributed by atoms with Gasteiger partial charge in [0.25, 0.3) is 5.91 Å². The maximum absolute atomic E-state index is 13.2. The standard InChI is InChI=1S/C27H25F6N5O/c28-26(29,30)19-9-7-18(8-10-19)24(39)38-25(37-22-4-1-3-20(16-22)27(31,32)33)36-21-11-5-17(6-12-21)15-23-34-13-2-14-35-23/h1-4,7-10,13-14,16-17,21H,5-6,11-12,15H2,(H2,36,37,38,39). The molecule has 0 spiro atoms. The van der Waals surface area contributed by atoms with Gasteiger partial charge in [-0.3, -0.25) is 10.1 Å². The van der Waals surface area contributed by atoms with Gasteiger partial charge in [-0.05, 0) is 80.1 Å². The van der Waals surface area contributed by atoms with Gasteiger partial charge in [0.2, 0.25) is 5.96 Å². The number of rotatable bonds is 5. The Morgan fingerprint density at radius 2 is 1.49 bits per heavy atom. The fraction of sp³-hybridized carbons (Fsp3) is 0.333. The van der Waals surface area contributed by atoms with Crippen molar-refractivity contribution in [2.45, 2.75) is 50.5 Å². The molecule has 39 heavy (non-hydrogen) atoms. The van der Waals surface area contributed by atoms with Crippen molar-refractivity contribution in [3.63, 3.8) is 0 Å². The number of nitrogens with zero attached hydrogens (tertiary/aromatic N) is 3. The Balaban J connectivity index is 1.50. The van der Waals surface area contributed by atoms with Crippen LogP contribution in [0.25, 0.3) is 0 Å². The minimum Gasteiger partial charge on any atom is -0.326 e. The van der Waals surface area contributed by atoms with Gasteiger partial charge in [0, 0.05) is 30.1 Å². The van der Waals surface area contributed by atoms with Crippen molar-refractivity contribution in [2.24, 2.45) is 10.9 Å². The molecule has 1 fully saturated rings. The highest BCUT2D eigenvalue weighted by atomic mass is 19.4. The van der Waals surface area contributed by atoms with Gasteiger partial charge >= 0.3 is 12.4 Å². The van der Waals surface area contributed by atoms with Crippen LogP contribution in [0.3, 0.4) is 0 Å². The molecule has 1 heterocycles. The number of hydrogen-bond acceptors (Lipinski definition) is 4. The summed E-state index contributed by atoms with van der Waals surface area (Å²) in [5, 5.41) is 5.26. The van der Waals surface area contributed by atoms with Gasteiger partial charge < -0.3 is 5.32 Å². The van der Waals surface area contributed by atoms with Crippen molar-refractivity contribution in [1.29, 1.82) is 0 Å². The van der Waals surface area contributed by atoms with E-state index in [2.05, 4.69) is 25.6 Å². The van der Waals surface area contributed by atoms with Crippen molar-refractivity contribution in [1.82, 2.24) is 15.3 Å². The van der Waals surface area contributed by atoms with Gasteiger partial charge in [-0.2, -0.15) is 26.3 Å². The molecular weight excluding hydrogens is 524 g/mol. The minimum absolute atomic E-state index is 0.0474. The van der Waals surface area contributed by atoms with E-state index >= 15 is 0 Å². The number of anilines is 1. The summed E-state index contributed by atoms with van der Waals surface area (Å²) in [7, 11) is 0. The molecule has 1 saturated carbocycles. The summed E-state index contributed by atoms with van der Waals surface area (Å²) in [5.41, 5.74) is -1.81. The molecule has 1 aliphatic carbocycles. The average molecular weight is 550 g/mol. The van der Waals surface area contributed by atoms with Crippen molar-refractivity contribution < 1.29 is 31.1 Å². The molecule has 1 amide bonds. The predicted molar refractivity (Wildman–Crippen MR) is 133 cm³/mol. The molecule has 0 aliphatic heterocycles. The lowest BCUT2D eigenvalue weighted by Gasteiger charge is -2.26. The lowest BCUT2D eigenvalue weighted by Crippen LogP contribution is -2.37. The second-order valence-corrected chi connectivity index (χ2v) is 9.25. The third-order valence-corrected chi connectivity index (χ3v) is 6.38. The number of hydrogen-bond donors (Lipinski definition) is 2. The number of alkyl halides is 6. The van der Waals surface area contributed by atoms with Crippen LogP contribution in [-0.4, -0.2) is 27.9 Å². The van der Waals surface area contributed by atoms with Crippen molar-refractivity contribution in [3.05, 3.63) is 89.5 Å². The Labute approximate surface area is 220 Å². The summed E-state index contributed by atoms with van der Waals surface area (Å²) in [6.45, 7) is 0. The van der Waals surface area contributed by atoms with Crippen LogP contribution in [0.2, 0.25) is 0 Å². The average Bonchev–Trinajstić information content (AvgIpc) is 2.89. The predicted octanol–water partition coefficient (Wildman–Crippen LogP) is 6.51. The van der Waals surface area contributed by atoms with Crippen LogP contribution in [0.15, 0.2) is 72.0 Å². The zero-order valence-electron chi connectivity index (χ0n) is 20.6. The number of guanidine groups is 1. The molecule has 6 nitrogen and oxygen atoms in total. The van der Waals surface area contributed by atoms with Crippen LogP contribution < -0.4 is 10.6 Å². The summed E-state index contributed by atoms with van der Waals surface area (Å²) in [6, 6.07) is 9.55. The third kappa shape index (κ3) is 8.01. The Kier molecular flexibility index (Phi) is 8.51. The van der Waals surface area contributed by atoms with Gasteiger partial charge in [0.05, 0.1) is 17.2 Å². The van der Waals surface area contributed by atoms with Crippen molar-refractivity contribution >= 4 is 17.6 Å². The maximum Gasteiger partial charge on any atom is 0.416 e. The Morgan fingerprint density at radius 3 is 2.10 bits per heavy atom. The summed E-state index contributed by atoms with van der Waals surface area (Å²) < 4.78 is 78.3. The normalized spacial score (nSPS) is 18.5. The molecule has 206 valence electrons. The summed E-state index contributed by atoms with van der Waals surface area (Å²) >= 11 is 0. The largest absolute Gasteiger partial charge is 0.416 e. The first kappa shape index (κ1) is 28.1. The fourth-order valence-electron chi connectivity index (χ4n) is 4.35. The second kappa shape index (κ2) is 11.8. The van der Waals surface area contributed by atoms with Gasteiger partial charge in [-0.25, -0.2) is 15.0 Å². The monoisotopic (exact) mass is 549 g/mol. The number of aromatic nitrogens is 2. The first-order valence-electron chi connectivity index (χ1n) is 12.2. The van der Waals surface area contributed by atoms with E-state index in [4.69, 9.17) is 0 Å². The van der Waals surface area contributed by atoms with E-state index in [1.165, 1.54) is 12.1 Å². The second-order valence-electron chi connectivity index (χ2n) is 9.25. The van der Waals surface area contributed by atoms with Gasteiger partial charge in [-0.1, -0.05) is 6.07 Å². The van der Waals surface area contributed by atoms with Gasteiger partial charge in [0.1, 0.15) is 5.82 Å². The van der Waals surface area contributed by atoms with Gasteiger partial charge in [0.15, 0.2) is 0 Å². The molecule has 12 heteroatoms. The highest BCUT2D eigenvalue weighted by Crippen LogP contribution is 2.32. The van der Waals surface area contributed by atoms with Gasteiger partial charge in [-0.15, -0.1) is 0 Å². The molecule has 0 unspecified atom stereocenters. The first-order chi connectivity index (χ1) is 18.5. The molecule has 1 aliphatic rings. The first-order valence-corrected chi connectivity index (χ1v) is 12.2. The van der Waals surface area contributed by atoms with E-state index in [0.29, 0.717) is 18.8 Å². The maximum atomic E-state index is 13.2. The zero-order valence-corrected chi connectivity index (χ0v) is 20.6. The molecule has 1 aromatic heterocycles. The molecule has 2 aromatic carbocycles. The number of halogens is 6. The smallest absolute Gasteiger partial charge is 0.326 e. The summed E-state index contributed by atoms with van der Waals surface area (Å²) in [4.78, 5) is 25.9. The minimum atomic E-state index is -4.57. The lowest BCUT2D eigenvalue weighted by atomic mass is 9.84. The number of amides is 1. The Bertz CT molecular complexity index is 1280. The number of aliphatic imine (C=N–C) groups is 1. The van der Waals surface area contributed by atoms with Crippen LogP contribution in [0.5, 0.6) is 0 Å². The number of benzene rings is 2. The highest BCUT2D eigenvalue weighted by molar-refractivity contribution is 6.10. The highest BCUT2D eigenvalue weighted by Gasteiger charge is 2.31. The van der Waals surface area contributed by atoms with E-state index in [-0.39, 0.29) is 23.3 Å². The van der Waals surface area contributed by atoms with Crippen molar-refractivity contribution in [3.8, 4) is 0 Å².